The normalized spacial score (nSPS) is 10.3. The molecule has 0 fully saturated rings. The van der Waals surface area contributed by atoms with E-state index >= 15 is 0 Å². The SMILES string of the molecule is O=C(O)CCCCCNC(=O)c1cc(Cl)sc1Cl. The Kier molecular flexibility index (Phi) is 6.46. The molecule has 0 saturated carbocycles. The standard InChI is InChI=1S/C11H13Cl2NO3S/c12-8-6-7(10(13)18-8)11(17)14-5-3-1-2-4-9(15)16/h6H,1-5H2,(H,14,17)(H,15,16). The van der Waals surface area contributed by atoms with Crippen LogP contribution in [-0.4, -0.2) is 23.5 Å². The topological polar surface area (TPSA) is 66.4 Å². The van der Waals surface area contributed by atoms with Gasteiger partial charge < -0.3 is 10.4 Å². The predicted octanol–water partition coefficient (Wildman–Crippen LogP) is 3.43. The maximum atomic E-state index is 11.7. The summed E-state index contributed by atoms with van der Waals surface area (Å²) < 4.78 is 0.856. The van der Waals surface area contributed by atoms with Crippen LogP contribution >= 0.6 is 34.5 Å². The zero-order valence-electron chi connectivity index (χ0n) is 9.54. The quantitative estimate of drug-likeness (QED) is 0.758. The van der Waals surface area contributed by atoms with Crippen LogP contribution in [0.15, 0.2) is 6.07 Å². The number of unbranched alkanes of at least 4 members (excludes halogenated alkanes) is 2. The van der Waals surface area contributed by atoms with Crippen LogP contribution in [0.1, 0.15) is 36.0 Å². The van der Waals surface area contributed by atoms with Crippen LogP contribution in [0.4, 0.5) is 0 Å². The van der Waals surface area contributed by atoms with Crippen LogP contribution in [0, 0.1) is 0 Å². The third kappa shape index (κ3) is 5.25. The molecule has 0 aliphatic carbocycles. The maximum Gasteiger partial charge on any atom is 0.303 e. The zero-order chi connectivity index (χ0) is 13.5. The third-order valence-corrected chi connectivity index (χ3v) is 3.74. The summed E-state index contributed by atoms with van der Waals surface area (Å²) in [5.74, 6) is -1.04. The summed E-state index contributed by atoms with van der Waals surface area (Å²) in [6, 6.07) is 1.54. The van der Waals surface area contributed by atoms with E-state index in [2.05, 4.69) is 5.32 Å². The van der Waals surface area contributed by atoms with Gasteiger partial charge >= 0.3 is 5.97 Å². The van der Waals surface area contributed by atoms with Gasteiger partial charge in [0.1, 0.15) is 4.34 Å². The first-order chi connectivity index (χ1) is 8.50. The van der Waals surface area contributed by atoms with Crippen molar-refractivity contribution >= 4 is 46.4 Å². The first kappa shape index (κ1) is 15.3. The number of amides is 1. The molecule has 0 unspecified atom stereocenters. The van der Waals surface area contributed by atoms with Crippen LogP contribution in [0.5, 0.6) is 0 Å². The van der Waals surface area contributed by atoms with Gasteiger partial charge in [0.15, 0.2) is 0 Å². The largest absolute Gasteiger partial charge is 0.481 e. The molecule has 100 valence electrons. The molecule has 0 aromatic carbocycles. The average molecular weight is 310 g/mol. The van der Waals surface area contributed by atoms with E-state index in [4.69, 9.17) is 28.3 Å². The Labute approximate surface area is 119 Å². The van der Waals surface area contributed by atoms with Gasteiger partial charge in [-0.2, -0.15) is 0 Å². The van der Waals surface area contributed by atoms with Gasteiger partial charge in [0, 0.05) is 13.0 Å². The number of aliphatic carboxylic acids is 1. The number of carboxylic acids is 1. The van der Waals surface area contributed by atoms with E-state index < -0.39 is 5.97 Å². The van der Waals surface area contributed by atoms with Crippen molar-refractivity contribution in [2.45, 2.75) is 25.7 Å². The van der Waals surface area contributed by atoms with Crippen LogP contribution in [-0.2, 0) is 4.79 Å². The maximum absolute atomic E-state index is 11.7. The molecular weight excluding hydrogens is 297 g/mol. The molecule has 18 heavy (non-hydrogen) atoms. The van der Waals surface area contributed by atoms with Gasteiger partial charge in [-0.1, -0.05) is 29.6 Å². The van der Waals surface area contributed by atoms with E-state index in [1.165, 1.54) is 6.07 Å². The molecule has 0 atom stereocenters. The number of thiophene rings is 1. The van der Waals surface area contributed by atoms with Crippen molar-refractivity contribution in [2.75, 3.05) is 6.54 Å². The van der Waals surface area contributed by atoms with Gasteiger partial charge in [-0.05, 0) is 18.9 Å². The highest BCUT2D eigenvalue weighted by Gasteiger charge is 2.13. The summed E-state index contributed by atoms with van der Waals surface area (Å²) in [4.78, 5) is 21.9. The smallest absolute Gasteiger partial charge is 0.303 e. The first-order valence-corrected chi connectivity index (χ1v) is 7.02. The molecule has 0 aliphatic heterocycles. The summed E-state index contributed by atoms with van der Waals surface area (Å²) in [7, 11) is 0. The third-order valence-electron chi connectivity index (χ3n) is 2.25. The zero-order valence-corrected chi connectivity index (χ0v) is 11.9. The molecule has 1 aromatic rings. The summed E-state index contributed by atoms with van der Waals surface area (Å²) in [5, 5.41) is 11.2. The van der Waals surface area contributed by atoms with E-state index in [-0.39, 0.29) is 12.3 Å². The minimum atomic E-state index is -0.793. The second-order valence-electron chi connectivity index (χ2n) is 3.70. The molecule has 0 spiro atoms. The van der Waals surface area contributed by atoms with Crippen molar-refractivity contribution in [1.82, 2.24) is 5.32 Å². The minimum absolute atomic E-state index is 0.167. The van der Waals surface area contributed by atoms with Gasteiger partial charge in [0.05, 0.1) is 9.90 Å². The van der Waals surface area contributed by atoms with E-state index in [0.29, 0.717) is 27.2 Å². The number of rotatable bonds is 7. The summed E-state index contributed by atoms with van der Waals surface area (Å²) in [6.45, 7) is 0.502. The second-order valence-corrected chi connectivity index (χ2v) is 5.98. The molecule has 4 nitrogen and oxygen atoms in total. The lowest BCUT2D eigenvalue weighted by Gasteiger charge is -2.03. The van der Waals surface area contributed by atoms with Gasteiger partial charge in [-0.25, -0.2) is 0 Å². The Morgan fingerprint density at radius 1 is 1.28 bits per heavy atom. The van der Waals surface area contributed by atoms with Gasteiger partial charge in [0.25, 0.3) is 5.91 Å². The highest BCUT2D eigenvalue weighted by Crippen LogP contribution is 2.30. The summed E-state index contributed by atoms with van der Waals surface area (Å²) in [5.41, 5.74) is 0.386. The van der Waals surface area contributed by atoms with Crippen molar-refractivity contribution < 1.29 is 14.7 Å². The fourth-order valence-electron chi connectivity index (χ4n) is 1.37. The number of nitrogens with one attached hydrogen (secondary N) is 1. The Bertz CT molecular complexity index is 434. The van der Waals surface area contributed by atoms with Crippen LogP contribution in [0.25, 0.3) is 0 Å². The number of carbonyl (C=O) groups is 2. The fourth-order valence-corrected chi connectivity index (χ4v) is 2.83. The molecule has 1 amide bonds. The van der Waals surface area contributed by atoms with Gasteiger partial charge in [0.2, 0.25) is 0 Å². The fraction of sp³-hybridized carbons (Fsp3) is 0.455. The number of halogens is 2. The summed E-state index contributed by atoms with van der Waals surface area (Å²) in [6.07, 6.45) is 2.30. The lowest BCUT2D eigenvalue weighted by atomic mass is 10.2. The van der Waals surface area contributed by atoms with Crippen molar-refractivity contribution in [1.29, 1.82) is 0 Å². The molecule has 2 N–H and O–H groups in total. The van der Waals surface area contributed by atoms with Crippen LogP contribution in [0.2, 0.25) is 8.67 Å². The number of hydrogen-bond donors (Lipinski definition) is 2. The average Bonchev–Trinajstić information content (AvgIpc) is 2.62. The minimum Gasteiger partial charge on any atom is -0.481 e. The first-order valence-electron chi connectivity index (χ1n) is 5.45. The monoisotopic (exact) mass is 309 g/mol. The van der Waals surface area contributed by atoms with Crippen molar-refractivity contribution in [2.24, 2.45) is 0 Å². The Hall–Kier alpha value is -0.780. The van der Waals surface area contributed by atoms with Crippen molar-refractivity contribution in [3.8, 4) is 0 Å². The molecule has 0 saturated heterocycles. The van der Waals surface area contributed by atoms with E-state index in [1.54, 1.807) is 0 Å². The lowest BCUT2D eigenvalue weighted by molar-refractivity contribution is -0.137. The second kappa shape index (κ2) is 7.61. The van der Waals surface area contributed by atoms with Gasteiger partial charge in [-0.15, -0.1) is 11.3 Å². The molecule has 1 rings (SSSR count). The Morgan fingerprint density at radius 2 is 2.00 bits per heavy atom. The molecule has 1 aromatic heterocycles. The Balaban J connectivity index is 2.22. The van der Waals surface area contributed by atoms with Crippen molar-refractivity contribution in [3.63, 3.8) is 0 Å². The van der Waals surface area contributed by atoms with Gasteiger partial charge in [-0.3, -0.25) is 9.59 Å². The highest BCUT2D eigenvalue weighted by molar-refractivity contribution is 7.20. The number of carbonyl (C=O) groups excluding carboxylic acids is 1. The van der Waals surface area contributed by atoms with E-state index in [0.717, 1.165) is 24.2 Å². The molecule has 0 bridgehead atoms. The van der Waals surface area contributed by atoms with E-state index in [1.807, 2.05) is 0 Å². The summed E-state index contributed by atoms with van der Waals surface area (Å²) >= 11 is 12.7. The van der Waals surface area contributed by atoms with Crippen molar-refractivity contribution in [3.05, 3.63) is 20.3 Å². The van der Waals surface area contributed by atoms with Crippen LogP contribution in [0.3, 0.4) is 0 Å². The molecule has 0 aliphatic rings. The predicted molar refractivity (Wildman–Crippen MR) is 72.8 cm³/mol. The number of carboxylic acid groups (broad SMARTS) is 1. The van der Waals surface area contributed by atoms with Crippen LogP contribution < -0.4 is 5.32 Å². The lowest BCUT2D eigenvalue weighted by Crippen LogP contribution is -2.24. The molecule has 1 heterocycles. The molecular formula is C11H13Cl2NO3S. The number of hydrogen-bond acceptors (Lipinski definition) is 3. The molecule has 0 radical (unpaired) electrons. The Morgan fingerprint density at radius 3 is 2.56 bits per heavy atom. The van der Waals surface area contributed by atoms with E-state index in [9.17, 15) is 9.59 Å². The molecule has 7 heteroatoms. The highest BCUT2D eigenvalue weighted by atomic mass is 35.5.